The fourth-order valence-corrected chi connectivity index (χ4v) is 1.22. The number of nitrogens with two attached hydrogens (primary N) is 2. The van der Waals surface area contributed by atoms with E-state index in [2.05, 4.69) is 9.98 Å². The first kappa shape index (κ1) is 12.0. The van der Waals surface area contributed by atoms with Crippen molar-refractivity contribution in [3.63, 3.8) is 0 Å². The predicted octanol–water partition coefficient (Wildman–Crippen LogP) is -1.94. The number of amidine groups is 2. The summed E-state index contributed by atoms with van der Waals surface area (Å²) in [4.78, 5) is 5.79. The zero-order chi connectivity index (χ0) is 11.3. The van der Waals surface area contributed by atoms with Crippen molar-refractivity contribution in [2.24, 2.45) is 11.5 Å². The standard InChI is InChI=1S/C8H12N4OS2/c1-14-7(9)11-5-3-4-6(13-5)12-8(10)15-2/h3-4H,1-2H3,(H2,9,11)(H2,10,12)/p+2. The molecule has 0 fully saturated rings. The molecule has 0 aromatic carbocycles. The summed E-state index contributed by atoms with van der Waals surface area (Å²) in [6.07, 6.45) is 3.76. The van der Waals surface area contributed by atoms with Crippen molar-refractivity contribution < 1.29 is 14.4 Å². The minimum atomic E-state index is 0.581. The lowest BCUT2D eigenvalue weighted by Crippen LogP contribution is -2.69. The average molecular weight is 246 g/mol. The van der Waals surface area contributed by atoms with Crippen LogP contribution in [0.1, 0.15) is 0 Å². The Bertz CT molecular complexity index is 351. The molecule has 15 heavy (non-hydrogen) atoms. The molecule has 1 rings (SSSR count). The predicted molar refractivity (Wildman–Crippen MR) is 65.4 cm³/mol. The lowest BCUT2D eigenvalue weighted by atomic mass is 10.6. The molecule has 0 amide bonds. The second-order valence-electron chi connectivity index (χ2n) is 2.55. The highest BCUT2D eigenvalue weighted by molar-refractivity contribution is 8.13. The third-order valence-corrected chi connectivity index (χ3v) is 2.62. The lowest BCUT2D eigenvalue weighted by Gasteiger charge is -1.86. The van der Waals surface area contributed by atoms with Gasteiger partial charge in [0.2, 0.25) is 0 Å². The number of rotatable bonds is 2. The Morgan fingerprint density at radius 3 is 1.80 bits per heavy atom. The molecule has 0 bridgehead atoms. The summed E-state index contributed by atoms with van der Waals surface area (Å²) in [5, 5.41) is 1.16. The van der Waals surface area contributed by atoms with E-state index in [9.17, 15) is 0 Å². The van der Waals surface area contributed by atoms with Crippen LogP contribution in [0.4, 0.5) is 11.8 Å². The third kappa shape index (κ3) is 3.88. The number of hydrogen-bond acceptors (Lipinski definition) is 3. The maximum Gasteiger partial charge on any atom is 0.309 e. The summed E-state index contributed by atoms with van der Waals surface area (Å²) >= 11 is 2.83. The third-order valence-electron chi connectivity index (χ3n) is 1.54. The molecule has 0 aliphatic carbocycles. The van der Waals surface area contributed by atoms with Crippen molar-refractivity contribution in [2.75, 3.05) is 12.5 Å². The molecule has 0 radical (unpaired) electrons. The highest BCUT2D eigenvalue weighted by Crippen LogP contribution is 2.07. The van der Waals surface area contributed by atoms with E-state index >= 15 is 0 Å². The first-order chi connectivity index (χ1) is 7.15. The van der Waals surface area contributed by atoms with Gasteiger partial charge in [0, 0.05) is 12.1 Å². The van der Waals surface area contributed by atoms with Gasteiger partial charge in [0.05, 0.1) is 0 Å². The van der Waals surface area contributed by atoms with Crippen LogP contribution in [0.2, 0.25) is 0 Å². The van der Waals surface area contributed by atoms with E-state index < -0.39 is 0 Å². The molecule has 0 saturated carbocycles. The summed E-state index contributed by atoms with van der Waals surface area (Å²) in [7, 11) is 0. The van der Waals surface area contributed by atoms with Crippen LogP contribution in [0.15, 0.2) is 16.5 Å². The fraction of sp³-hybridized carbons (Fsp3) is 0.250. The number of furan rings is 1. The maximum absolute atomic E-state index is 5.60. The minimum absolute atomic E-state index is 0.581. The van der Waals surface area contributed by atoms with Crippen LogP contribution in [0.3, 0.4) is 0 Å². The molecular weight excluding hydrogens is 232 g/mol. The van der Waals surface area contributed by atoms with Crippen LogP contribution in [0.5, 0.6) is 0 Å². The zero-order valence-corrected chi connectivity index (χ0v) is 10.2. The van der Waals surface area contributed by atoms with Gasteiger partial charge in [0.1, 0.15) is 0 Å². The second-order valence-corrected chi connectivity index (χ2v) is 4.25. The minimum Gasteiger partial charge on any atom is -0.386 e. The highest BCUT2D eigenvalue weighted by Gasteiger charge is 2.06. The molecular formula is C8H14N4OS2+2. The molecule has 0 spiro atoms. The molecule has 0 aliphatic rings. The molecule has 6 N–H and O–H groups in total. The molecule has 0 atom stereocenters. The van der Waals surface area contributed by atoms with Gasteiger partial charge in [-0.1, -0.05) is 0 Å². The van der Waals surface area contributed by atoms with Crippen molar-refractivity contribution in [3.8, 4) is 0 Å². The Hall–Kier alpha value is -1.08. The van der Waals surface area contributed by atoms with Crippen LogP contribution in [0, 0.1) is 0 Å². The Balaban J connectivity index is 2.81. The van der Waals surface area contributed by atoms with E-state index in [0.717, 1.165) is 0 Å². The van der Waals surface area contributed by atoms with Gasteiger partial charge < -0.3 is 4.42 Å². The summed E-state index contributed by atoms with van der Waals surface area (Å²) in [6.45, 7) is 0. The van der Waals surface area contributed by atoms with E-state index in [1.807, 2.05) is 12.5 Å². The fourth-order valence-electron chi connectivity index (χ4n) is 0.817. The number of hydrogen-bond donors (Lipinski definition) is 4. The summed E-state index contributed by atoms with van der Waals surface area (Å²) in [5.74, 6) is 1.16. The van der Waals surface area contributed by atoms with Gasteiger partial charge in [-0.15, -0.1) is 0 Å². The van der Waals surface area contributed by atoms with Gasteiger partial charge >= 0.3 is 10.3 Å². The monoisotopic (exact) mass is 246 g/mol. The van der Waals surface area contributed by atoms with Crippen molar-refractivity contribution in [2.45, 2.75) is 0 Å². The quantitative estimate of drug-likeness (QED) is 0.360. The zero-order valence-electron chi connectivity index (χ0n) is 8.53. The van der Waals surface area contributed by atoms with E-state index in [-0.39, 0.29) is 0 Å². The molecule has 1 aromatic rings. The molecule has 0 saturated heterocycles. The smallest absolute Gasteiger partial charge is 0.309 e. The van der Waals surface area contributed by atoms with E-state index in [1.165, 1.54) is 23.5 Å². The molecule has 5 nitrogen and oxygen atoms in total. The van der Waals surface area contributed by atoms with E-state index in [1.54, 1.807) is 12.1 Å². The molecule has 1 heterocycles. The summed E-state index contributed by atoms with van der Waals surface area (Å²) in [6, 6.07) is 3.55. The van der Waals surface area contributed by atoms with Crippen LogP contribution < -0.4 is 21.5 Å². The molecule has 7 heteroatoms. The summed E-state index contributed by atoms with van der Waals surface area (Å²) < 4.78 is 5.38. The van der Waals surface area contributed by atoms with Crippen molar-refractivity contribution in [1.82, 2.24) is 0 Å². The Labute approximate surface area is 96.4 Å². The molecule has 82 valence electrons. The normalized spacial score (nSPS) is 13.2. The largest absolute Gasteiger partial charge is 0.386 e. The number of nitrogens with one attached hydrogen (secondary N) is 2. The Morgan fingerprint density at radius 1 is 1.07 bits per heavy atom. The van der Waals surface area contributed by atoms with Crippen molar-refractivity contribution in [1.29, 1.82) is 0 Å². The van der Waals surface area contributed by atoms with Crippen LogP contribution in [0.25, 0.3) is 0 Å². The van der Waals surface area contributed by atoms with E-state index in [4.69, 9.17) is 15.9 Å². The molecule has 1 aromatic heterocycles. The van der Waals surface area contributed by atoms with Crippen molar-refractivity contribution in [3.05, 3.63) is 12.1 Å². The van der Waals surface area contributed by atoms with Gasteiger partial charge in [0.15, 0.2) is 0 Å². The van der Waals surface area contributed by atoms with Gasteiger partial charge in [-0.25, -0.2) is 9.98 Å². The SMILES string of the molecule is CSC(N)=[NH+]c1ccc([NH+]=C(N)SC)o1. The summed E-state index contributed by atoms with van der Waals surface area (Å²) in [5.41, 5.74) is 11.2. The maximum atomic E-state index is 5.60. The van der Waals surface area contributed by atoms with Crippen molar-refractivity contribution >= 4 is 45.6 Å². The van der Waals surface area contributed by atoms with Gasteiger partial charge in [-0.3, -0.25) is 11.5 Å². The van der Waals surface area contributed by atoms with Crippen LogP contribution in [-0.4, -0.2) is 22.8 Å². The first-order valence-corrected chi connectivity index (χ1v) is 6.57. The highest BCUT2D eigenvalue weighted by atomic mass is 32.2. The van der Waals surface area contributed by atoms with Crippen LogP contribution in [-0.2, 0) is 0 Å². The Kier molecular flexibility index (Phi) is 4.57. The number of thioether (sulfide) groups is 2. The molecule has 0 unspecified atom stereocenters. The second kappa shape index (κ2) is 5.72. The molecule has 0 aliphatic heterocycles. The van der Waals surface area contributed by atoms with E-state index in [0.29, 0.717) is 22.1 Å². The van der Waals surface area contributed by atoms with Gasteiger partial charge in [0.25, 0.3) is 11.8 Å². The van der Waals surface area contributed by atoms with Crippen LogP contribution >= 0.6 is 23.5 Å². The first-order valence-electron chi connectivity index (χ1n) is 4.12. The topological polar surface area (TPSA) is 93.1 Å². The average Bonchev–Trinajstić information content (AvgIpc) is 2.65. The lowest BCUT2D eigenvalue weighted by molar-refractivity contribution is -0.394. The Morgan fingerprint density at radius 2 is 1.47 bits per heavy atom. The van der Waals surface area contributed by atoms with Gasteiger partial charge in [-0.2, -0.15) is 0 Å². The van der Waals surface area contributed by atoms with Gasteiger partial charge in [-0.05, 0) is 36.0 Å².